The minimum Gasteiger partial charge on any atom is -0.508 e. The van der Waals surface area contributed by atoms with Crippen molar-refractivity contribution in [2.75, 3.05) is 7.11 Å². The number of azo groups is 1. The molecule has 0 aromatic heterocycles. The number of aromatic hydroxyl groups is 1. The van der Waals surface area contributed by atoms with Crippen LogP contribution in [0.3, 0.4) is 0 Å². The first kappa shape index (κ1) is 14.0. The van der Waals surface area contributed by atoms with E-state index in [1.165, 1.54) is 0 Å². The molecule has 4 nitrogen and oxygen atoms in total. The molecule has 0 bridgehead atoms. The first-order valence-corrected chi connectivity index (χ1v) is 6.92. The van der Waals surface area contributed by atoms with E-state index >= 15 is 0 Å². The largest absolute Gasteiger partial charge is 0.508 e. The molecular formula is C13H10Br2N2O2. The summed E-state index contributed by atoms with van der Waals surface area (Å²) in [5, 5.41) is 17.7. The van der Waals surface area contributed by atoms with Crippen LogP contribution in [-0.2, 0) is 0 Å². The summed E-state index contributed by atoms with van der Waals surface area (Å²) in [6, 6.07) is 10.4. The van der Waals surface area contributed by atoms with Gasteiger partial charge in [-0.25, -0.2) is 0 Å². The molecule has 0 amide bonds. The molecule has 19 heavy (non-hydrogen) atoms. The van der Waals surface area contributed by atoms with Crippen molar-refractivity contribution in [1.29, 1.82) is 0 Å². The van der Waals surface area contributed by atoms with E-state index < -0.39 is 0 Å². The molecule has 6 heteroatoms. The quantitative estimate of drug-likeness (QED) is 0.724. The van der Waals surface area contributed by atoms with Gasteiger partial charge < -0.3 is 9.84 Å². The van der Waals surface area contributed by atoms with E-state index in [1.54, 1.807) is 19.2 Å². The van der Waals surface area contributed by atoms with Crippen LogP contribution in [0, 0.1) is 0 Å². The molecule has 98 valence electrons. The van der Waals surface area contributed by atoms with E-state index in [0.717, 1.165) is 5.75 Å². The van der Waals surface area contributed by atoms with Crippen molar-refractivity contribution in [2.45, 2.75) is 0 Å². The van der Waals surface area contributed by atoms with Gasteiger partial charge in [-0.3, -0.25) is 0 Å². The number of nitrogens with zero attached hydrogens (tertiary/aromatic N) is 2. The fourth-order valence-electron chi connectivity index (χ4n) is 1.40. The van der Waals surface area contributed by atoms with Crippen LogP contribution in [0.25, 0.3) is 0 Å². The third-order valence-corrected chi connectivity index (χ3v) is 3.55. The Morgan fingerprint density at radius 3 is 2.11 bits per heavy atom. The lowest BCUT2D eigenvalue weighted by atomic mass is 10.3. The van der Waals surface area contributed by atoms with E-state index in [4.69, 9.17) is 4.74 Å². The average Bonchev–Trinajstić information content (AvgIpc) is 2.38. The van der Waals surface area contributed by atoms with Gasteiger partial charge in [-0.1, -0.05) is 0 Å². The highest BCUT2D eigenvalue weighted by Gasteiger charge is 2.06. The molecule has 0 saturated heterocycles. The van der Waals surface area contributed by atoms with Gasteiger partial charge in [0.05, 0.1) is 12.8 Å². The van der Waals surface area contributed by atoms with E-state index in [0.29, 0.717) is 20.3 Å². The Morgan fingerprint density at radius 1 is 1.00 bits per heavy atom. The Labute approximate surface area is 127 Å². The molecule has 2 aromatic rings. The maximum atomic E-state index is 9.42. The molecule has 0 aliphatic rings. The summed E-state index contributed by atoms with van der Waals surface area (Å²) >= 11 is 6.66. The molecule has 2 rings (SSSR count). The van der Waals surface area contributed by atoms with Crippen LogP contribution in [0.2, 0.25) is 0 Å². The summed E-state index contributed by atoms with van der Waals surface area (Å²) in [5.41, 5.74) is 1.33. The van der Waals surface area contributed by atoms with Crippen LogP contribution in [0.5, 0.6) is 11.5 Å². The van der Waals surface area contributed by atoms with Gasteiger partial charge in [0.1, 0.15) is 17.2 Å². The topological polar surface area (TPSA) is 54.2 Å². The number of phenols is 1. The molecule has 1 N–H and O–H groups in total. The number of methoxy groups -OCH3 is 1. The molecule has 0 aliphatic heterocycles. The lowest BCUT2D eigenvalue weighted by Crippen LogP contribution is -1.79. The first-order valence-electron chi connectivity index (χ1n) is 5.34. The van der Waals surface area contributed by atoms with Gasteiger partial charge in [-0.15, -0.1) is 5.11 Å². The first-order chi connectivity index (χ1) is 9.10. The Hall–Kier alpha value is -1.40. The Bertz CT molecular complexity index is 590. The lowest BCUT2D eigenvalue weighted by Gasteiger charge is -2.02. The molecule has 0 fully saturated rings. The van der Waals surface area contributed by atoms with Crippen LogP contribution >= 0.6 is 31.9 Å². The van der Waals surface area contributed by atoms with Crippen LogP contribution in [-0.4, -0.2) is 12.2 Å². The highest BCUT2D eigenvalue weighted by molar-refractivity contribution is 9.11. The summed E-state index contributed by atoms with van der Waals surface area (Å²) in [6.07, 6.45) is 0. The zero-order valence-corrected chi connectivity index (χ0v) is 13.1. The molecule has 0 atom stereocenters. The van der Waals surface area contributed by atoms with Crippen molar-refractivity contribution in [3.05, 3.63) is 45.3 Å². The van der Waals surface area contributed by atoms with Crippen molar-refractivity contribution in [3.63, 3.8) is 0 Å². The molecule has 0 unspecified atom stereocenters. The fourth-order valence-corrected chi connectivity index (χ4v) is 2.73. The summed E-state index contributed by atoms with van der Waals surface area (Å²) in [6.45, 7) is 0. The van der Waals surface area contributed by atoms with Gasteiger partial charge in [0.15, 0.2) is 0 Å². The van der Waals surface area contributed by atoms with E-state index in [9.17, 15) is 5.11 Å². The van der Waals surface area contributed by atoms with Crippen molar-refractivity contribution in [3.8, 4) is 11.5 Å². The predicted molar refractivity (Wildman–Crippen MR) is 80.7 cm³/mol. The van der Waals surface area contributed by atoms with Crippen molar-refractivity contribution < 1.29 is 9.84 Å². The zero-order chi connectivity index (χ0) is 13.8. The summed E-state index contributed by atoms with van der Waals surface area (Å²) < 4.78 is 6.40. The third kappa shape index (κ3) is 3.54. The highest BCUT2D eigenvalue weighted by Crippen LogP contribution is 2.37. The Balaban J connectivity index is 2.27. The third-order valence-electron chi connectivity index (χ3n) is 2.34. The number of halogens is 2. The van der Waals surface area contributed by atoms with Gasteiger partial charge in [0.2, 0.25) is 0 Å². The molecular weight excluding hydrogens is 376 g/mol. The Kier molecular flexibility index (Phi) is 4.55. The van der Waals surface area contributed by atoms with Gasteiger partial charge in [0.25, 0.3) is 0 Å². The van der Waals surface area contributed by atoms with E-state index in [1.807, 2.05) is 24.3 Å². The van der Waals surface area contributed by atoms with Crippen molar-refractivity contribution >= 4 is 43.2 Å². The van der Waals surface area contributed by atoms with Crippen LogP contribution in [0.1, 0.15) is 0 Å². The average molecular weight is 386 g/mol. The van der Waals surface area contributed by atoms with E-state index in [2.05, 4.69) is 42.1 Å². The lowest BCUT2D eigenvalue weighted by molar-refractivity contribution is 0.415. The smallest absolute Gasteiger partial charge is 0.119 e. The molecule has 0 spiro atoms. The van der Waals surface area contributed by atoms with E-state index in [-0.39, 0.29) is 5.75 Å². The minimum atomic E-state index is 0.155. The maximum Gasteiger partial charge on any atom is 0.119 e. The number of hydrogen-bond acceptors (Lipinski definition) is 4. The van der Waals surface area contributed by atoms with Gasteiger partial charge in [-0.2, -0.15) is 5.11 Å². The normalized spacial score (nSPS) is 10.9. The molecule has 2 aromatic carbocycles. The van der Waals surface area contributed by atoms with Crippen LogP contribution < -0.4 is 4.74 Å². The standard InChI is InChI=1S/C13H10Br2N2O2/c1-19-10-4-2-8(3-5-10)16-17-13-11(14)6-9(18)7-12(13)15/h2-7,18H,1H3. The van der Waals surface area contributed by atoms with Crippen molar-refractivity contribution in [1.82, 2.24) is 0 Å². The number of hydrogen-bond donors (Lipinski definition) is 1. The highest BCUT2D eigenvalue weighted by atomic mass is 79.9. The summed E-state index contributed by atoms with van der Waals surface area (Å²) in [4.78, 5) is 0. The number of ether oxygens (including phenoxy) is 1. The molecule has 0 radical (unpaired) electrons. The second-order valence-corrected chi connectivity index (χ2v) is 5.36. The van der Waals surface area contributed by atoms with Gasteiger partial charge in [-0.05, 0) is 68.3 Å². The molecule has 0 heterocycles. The van der Waals surface area contributed by atoms with Crippen molar-refractivity contribution in [2.24, 2.45) is 10.2 Å². The molecule has 0 aliphatic carbocycles. The van der Waals surface area contributed by atoms with Gasteiger partial charge >= 0.3 is 0 Å². The second kappa shape index (κ2) is 6.16. The number of rotatable bonds is 3. The summed E-state index contributed by atoms with van der Waals surface area (Å²) in [5.74, 6) is 0.924. The van der Waals surface area contributed by atoms with Crippen LogP contribution in [0.4, 0.5) is 11.4 Å². The zero-order valence-electron chi connectivity index (χ0n) is 9.97. The molecule has 0 saturated carbocycles. The summed E-state index contributed by atoms with van der Waals surface area (Å²) in [7, 11) is 1.61. The second-order valence-electron chi connectivity index (χ2n) is 3.66. The number of phenolic OH excluding ortho intramolecular Hbond substituents is 1. The SMILES string of the molecule is COc1ccc(N=Nc2c(Br)cc(O)cc2Br)cc1. The number of benzene rings is 2. The Morgan fingerprint density at radius 2 is 1.58 bits per heavy atom. The monoisotopic (exact) mass is 384 g/mol. The predicted octanol–water partition coefficient (Wildman–Crippen LogP) is 5.34. The van der Waals surface area contributed by atoms with Crippen LogP contribution in [0.15, 0.2) is 55.6 Å². The minimum absolute atomic E-state index is 0.155. The van der Waals surface area contributed by atoms with Gasteiger partial charge in [0, 0.05) is 8.95 Å². The maximum absolute atomic E-state index is 9.42. The fraction of sp³-hybridized carbons (Fsp3) is 0.0769.